The lowest BCUT2D eigenvalue weighted by molar-refractivity contribution is -0.0277. The van der Waals surface area contributed by atoms with Gasteiger partial charge in [0.2, 0.25) is 0 Å². The first-order valence-electron chi connectivity index (χ1n) is 9.56. The van der Waals surface area contributed by atoms with E-state index in [1.165, 1.54) is 5.56 Å². The highest BCUT2D eigenvalue weighted by atomic mass is 16.5. The van der Waals surface area contributed by atoms with E-state index in [9.17, 15) is 5.11 Å². The van der Waals surface area contributed by atoms with E-state index in [1.807, 2.05) is 36.7 Å². The number of β-amino-alcohol motifs (C(OH)–C–C–N with tert-alkyl or cyclic N) is 1. The van der Waals surface area contributed by atoms with Gasteiger partial charge in [-0.15, -0.1) is 0 Å². The summed E-state index contributed by atoms with van der Waals surface area (Å²) in [5, 5.41) is 12.8. The molecular weight excluding hydrogens is 338 g/mol. The first-order valence-corrected chi connectivity index (χ1v) is 9.56. The fourth-order valence-electron chi connectivity index (χ4n) is 3.55. The Balaban J connectivity index is 1.36. The Hall–Kier alpha value is -2.50. The zero-order valence-electron chi connectivity index (χ0n) is 15.6. The third-order valence-electron chi connectivity index (χ3n) is 5.18. The third kappa shape index (κ3) is 4.26. The maximum atomic E-state index is 10.6. The van der Waals surface area contributed by atoms with Crippen molar-refractivity contribution in [1.29, 1.82) is 0 Å². The molecule has 140 valence electrons. The van der Waals surface area contributed by atoms with E-state index in [0.717, 1.165) is 48.1 Å². The number of fused-ring (bicyclic) bond motifs is 1. The summed E-state index contributed by atoms with van der Waals surface area (Å²) >= 11 is 0. The summed E-state index contributed by atoms with van der Waals surface area (Å²) in [6, 6.07) is 12.2. The summed E-state index contributed by atoms with van der Waals surface area (Å²) in [5.74, 6) is 0.782. The molecule has 0 radical (unpaired) electrons. The lowest BCUT2D eigenvalue weighted by Crippen LogP contribution is -2.48. The van der Waals surface area contributed by atoms with Crippen LogP contribution in [0.15, 0.2) is 55.0 Å². The Kier molecular flexibility index (Phi) is 5.32. The molecule has 1 aliphatic rings. The molecule has 1 saturated heterocycles. The summed E-state index contributed by atoms with van der Waals surface area (Å²) in [6.45, 7) is 4.37. The number of aliphatic hydroxyl groups excluding tert-OH is 1. The van der Waals surface area contributed by atoms with Gasteiger partial charge in [-0.05, 0) is 48.1 Å². The first kappa shape index (κ1) is 17.9. The molecule has 3 aromatic rings. The second-order valence-electron chi connectivity index (χ2n) is 7.14. The van der Waals surface area contributed by atoms with Gasteiger partial charge in [-0.1, -0.05) is 19.1 Å². The van der Waals surface area contributed by atoms with Gasteiger partial charge in [0.15, 0.2) is 0 Å². The zero-order valence-corrected chi connectivity index (χ0v) is 15.6. The standard InChI is InChI=1S/C22H25N3O2/c1-2-16-3-5-19(24-12-16)14-25-10-8-22(21(26)15-25)27-20-6-4-17-7-9-23-13-18(17)11-20/h3-7,9,11-13,21-22,26H,2,8,10,14-15H2,1H3/t21-,22-/m1/s1. The van der Waals surface area contributed by atoms with Gasteiger partial charge < -0.3 is 9.84 Å². The van der Waals surface area contributed by atoms with Crippen LogP contribution < -0.4 is 4.74 Å². The van der Waals surface area contributed by atoms with Gasteiger partial charge in [0.25, 0.3) is 0 Å². The number of ether oxygens (including phenoxy) is 1. The van der Waals surface area contributed by atoms with Crippen molar-refractivity contribution in [2.45, 2.75) is 38.5 Å². The van der Waals surface area contributed by atoms with E-state index in [2.05, 4.69) is 33.9 Å². The van der Waals surface area contributed by atoms with E-state index in [1.54, 1.807) is 6.20 Å². The summed E-state index contributed by atoms with van der Waals surface area (Å²) < 4.78 is 6.08. The number of likely N-dealkylation sites (tertiary alicyclic amines) is 1. The molecular formula is C22H25N3O2. The van der Waals surface area contributed by atoms with Gasteiger partial charge in [0, 0.05) is 43.6 Å². The normalized spacial score (nSPS) is 20.7. The van der Waals surface area contributed by atoms with Gasteiger partial charge in [0.1, 0.15) is 18.0 Å². The highest BCUT2D eigenvalue weighted by molar-refractivity contribution is 5.82. The Morgan fingerprint density at radius 1 is 1.15 bits per heavy atom. The molecule has 2 atom stereocenters. The van der Waals surface area contributed by atoms with Gasteiger partial charge in [-0.2, -0.15) is 0 Å². The Morgan fingerprint density at radius 2 is 2.07 bits per heavy atom. The molecule has 0 aliphatic carbocycles. The smallest absolute Gasteiger partial charge is 0.127 e. The number of aliphatic hydroxyl groups is 1. The number of aryl methyl sites for hydroxylation is 1. The SMILES string of the molecule is CCc1ccc(CN2CC[C@@H](Oc3ccc4ccncc4c3)[C@H](O)C2)nc1. The maximum absolute atomic E-state index is 10.6. The van der Waals surface area contributed by atoms with E-state index in [0.29, 0.717) is 6.54 Å². The molecule has 5 heteroatoms. The summed E-state index contributed by atoms with van der Waals surface area (Å²) in [5.41, 5.74) is 2.29. The number of benzene rings is 1. The second kappa shape index (κ2) is 8.03. The average Bonchev–Trinajstić information content (AvgIpc) is 2.70. The molecule has 1 N–H and O–H groups in total. The largest absolute Gasteiger partial charge is 0.488 e. The third-order valence-corrected chi connectivity index (χ3v) is 5.18. The summed E-state index contributed by atoms with van der Waals surface area (Å²) in [6.07, 6.45) is 6.64. The van der Waals surface area contributed by atoms with Crippen LogP contribution in [0.5, 0.6) is 5.75 Å². The van der Waals surface area contributed by atoms with Crippen molar-refractivity contribution in [3.63, 3.8) is 0 Å². The molecule has 1 fully saturated rings. The van der Waals surface area contributed by atoms with Crippen LogP contribution in [0.1, 0.15) is 24.6 Å². The number of pyridine rings is 2. The van der Waals surface area contributed by atoms with Crippen LogP contribution in [0.4, 0.5) is 0 Å². The maximum Gasteiger partial charge on any atom is 0.127 e. The van der Waals surface area contributed by atoms with Crippen molar-refractivity contribution in [2.24, 2.45) is 0 Å². The minimum Gasteiger partial charge on any atom is -0.488 e. The van der Waals surface area contributed by atoms with Crippen LogP contribution in [-0.4, -0.2) is 45.3 Å². The molecule has 0 saturated carbocycles. The van der Waals surface area contributed by atoms with E-state index in [-0.39, 0.29) is 6.10 Å². The van der Waals surface area contributed by atoms with Crippen LogP contribution in [0, 0.1) is 0 Å². The fraction of sp³-hybridized carbons (Fsp3) is 0.364. The highest BCUT2D eigenvalue weighted by Gasteiger charge is 2.29. The highest BCUT2D eigenvalue weighted by Crippen LogP contribution is 2.24. The van der Waals surface area contributed by atoms with Crippen molar-refractivity contribution >= 4 is 10.8 Å². The predicted octanol–water partition coefficient (Wildman–Crippen LogP) is 3.21. The number of rotatable bonds is 5. The molecule has 1 aromatic carbocycles. The van der Waals surface area contributed by atoms with E-state index in [4.69, 9.17) is 4.74 Å². The quantitative estimate of drug-likeness (QED) is 0.754. The second-order valence-corrected chi connectivity index (χ2v) is 7.14. The molecule has 0 spiro atoms. The van der Waals surface area contributed by atoms with Crippen molar-refractivity contribution < 1.29 is 9.84 Å². The van der Waals surface area contributed by atoms with Gasteiger partial charge in [-0.3, -0.25) is 14.9 Å². The number of hydrogen-bond donors (Lipinski definition) is 1. The molecule has 2 aromatic heterocycles. The molecule has 4 rings (SSSR count). The van der Waals surface area contributed by atoms with E-state index < -0.39 is 6.10 Å². The van der Waals surface area contributed by atoms with Crippen molar-refractivity contribution in [1.82, 2.24) is 14.9 Å². The Labute approximate surface area is 159 Å². The van der Waals surface area contributed by atoms with Crippen LogP contribution in [0.3, 0.4) is 0 Å². The van der Waals surface area contributed by atoms with E-state index >= 15 is 0 Å². The monoisotopic (exact) mass is 363 g/mol. The van der Waals surface area contributed by atoms with Crippen molar-refractivity contribution in [2.75, 3.05) is 13.1 Å². The molecule has 0 bridgehead atoms. The minimum absolute atomic E-state index is 0.189. The van der Waals surface area contributed by atoms with Crippen molar-refractivity contribution in [3.05, 3.63) is 66.2 Å². The van der Waals surface area contributed by atoms with Crippen LogP contribution >= 0.6 is 0 Å². The van der Waals surface area contributed by atoms with Gasteiger partial charge >= 0.3 is 0 Å². The molecule has 5 nitrogen and oxygen atoms in total. The topological polar surface area (TPSA) is 58.5 Å². The number of hydrogen-bond acceptors (Lipinski definition) is 5. The average molecular weight is 363 g/mol. The van der Waals surface area contributed by atoms with Gasteiger partial charge in [-0.25, -0.2) is 0 Å². The minimum atomic E-state index is -0.515. The number of nitrogens with zero attached hydrogens (tertiary/aromatic N) is 3. The van der Waals surface area contributed by atoms with Crippen LogP contribution in [0.2, 0.25) is 0 Å². The first-order chi connectivity index (χ1) is 13.2. The molecule has 3 heterocycles. The van der Waals surface area contributed by atoms with Crippen LogP contribution in [-0.2, 0) is 13.0 Å². The van der Waals surface area contributed by atoms with Gasteiger partial charge in [0.05, 0.1) is 5.69 Å². The number of aromatic nitrogens is 2. The summed E-state index contributed by atoms with van der Waals surface area (Å²) in [4.78, 5) is 10.9. The summed E-state index contributed by atoms with van der Waals surface area (Å²) in [7, 11) is 0. The number of piperidine rings is 1. The molecule has 0 amide bonds. The predicted molar refractivity (Wildman–Crippen MR) is 106 cm³/mol. The Bertz CT molecular complexity index is 897. The zero-order chi connectivity index (χ0) is 18.6. The molecule has 27 heavy (non-hydrogen) atoms. The molecule has 1 aliphatic heterocycles. The lowest BCUT2D eigenvalue weighted by atomic mass is 10.0. The van der Waals surface area contributed by atoms with Crippen molar-refractivity contribution in [3.8, 4) is 5.75 Å². The molecule has 0 unspecified atom stereocenters. The van der Waals surface area contributed by atoms with Crippen LogP contribution in [0.25, 0.3) is 10.8 Å². The fourth-order valence-corrected chi connectivity index (χ4v) is 3.55. The Morgan fingerprint density at radius 3 is 2.85 bits per heavy atom. The lowest BCUT2D eigenvalue weighted by Gasteiger charge is -2.35.